The number of carbonyl (C=O) groups is 1. The molecule has 0 spiro atoms. The number of benzene rings is 1. The highest BCUT2D eigenvalue weighted by atomic mass is 19.1. The molecule has 3 rings (SSSR count). The minimum Gasteiger partial charge on any atom is -0.462 e. The summed E-state index contributed by atoms with van der Waals surface area (Å²) in [5, 5.41) is 0. The molecule has 2 heterocycles. The topological polar surface area (TPSA) is 30.7 Å². The Labute approximate surface area is 121 Å². The van der Waals surface area contributed by atoms with E-state index >= 15 is 0 Å². The monoisotopic (exact) mass is 283 g/mol. The fourth-order valence-corrected chi connectivity index (χ4v) is 2.41. The molecule has 0 N–H and O–H groups in total. The molecule has 0 aliphatic carbocycles. The molecule has 4 heteroatoms. The highest BCUT2D eigenvalue weighted by Gasteiger charge is 2.19. The van der Waals surface area contributed by atoms with Gasteiger partial charge in [0.15, 0.2) is 0 Å². The predicted octanol–water partition coefficient (Wildman–Crippen LogP) is 3.92. The van der Waals surface area contributed by atoms with Gasteiger partial charge in [0.05, 0.1) is 17.7 Å². The van der Waals surface area contributed by atoms with E-state index in [9.17, 15) is 9.18 Å². The minimum atomic E-state index is -0.375. The van der Waals surface area contributed by atoms with Crippen LogP contribution in [-0.4, -0.2) is 17.0 Å². The van der Waals surface area contributed by atoms with Gasteiger partial charge in [0.1, 0.15) is 5.82 Å². The normalized spacial score (nSPS) is 10.8. The maximum Gasteiger partial charge on any atom is 0.340 e. The third-order valence-corrected chi connectivity index (χ3v) is 3.31. The Hall–Kier alpha value is -2.62. The minimum absolute atomic E-state index is 0.306. The van der Waals surface area contributed by atoms with Crippen LogP contribution in [-0.2, 0) is 4.74 Å². The summed E-state index contributed by atoms with van der Waals surface area (Å²) in [6.45, 7) is 2.08. The number of hydrogen-bond donors (Lipinski definition) is 0. The van der Waals surface area contributed by atoms with E-state index in [4.69, 9.17) is 4.74 Å². The number of carbonyl (C=O) groups excluding carboxylic acids is 1. The Kier molecular flexibility index (Phi) is 3.44. The second-order valence-electron chi connectivity index (χ2n) is 4.64. The van der Waals surface area contributed by atoms with Crippen LogP contribution in [0.1, 0.15) is 17.3 Å². The van der Waals surface area contributed by atoms with Crippen molar-refractivity contribution >= 4 is 11.5 Å². The first-order valence-corrected chi connectivity index (χ1v) is 6.73. The summed E-state index contributed by atoms with van der Waals surface area (Å²) in [5.41, 5.74) is 2.91. The molecular weight excluding hydrogens is 269 g/mol. The number of nitrogens with zero attached hydrogens (tertiary/aromatic N) is 1. The lowest BCUT2D eigenvalue weighted by Crippen LogP contribution is -2.04. The number of ether oxygens (including phenoxy) is 1. The molecule has 1 aromatic carbocycles. The van der Waals surface area contributed by atoms with Crippen molar-refractivity contribution in [2.45, 2.75) is 6.92 Å². The highest BCUT2D eigenvalue weighted by Crippen LogP contribution is 2.31. The smallest absolute Gasteiger partial charge is 0.340 e. The van der Waals surface area contributed by atoms with Crippen molar-refractivity contribution in [3.8, 4) is 11.1 Å². The standard InChI is InChI=1S/C17H14FNO2/c1-2-21-17(20)14-11-19-10-4-3-5-15(19)16(14)12-6-8-13(18)9-7-12/h3-11H,2H2,1H3. The summed E-state index contributed by atoms with van der Waals surface area (Å²) in [5.74, 6) is -0.680. The lowest BCUT2D eigenvalue weighted by atomic mass is 10.0. The molecule has 0 saturated carbocycles. The van der Waals surface area contributed by atoms with Gasteiger partial charge in [0.2, 0.25) is 0 Å². The van der Waals surface area contributed by atoms with E-state index < -0.39 is 0 Å². The van der Waals surface area contributed by atoms with Crippen molar-refractivity contribution in [3.63, 3.8) is 0 Å². The molecular formula is C17H14FNO2. The van der Waals surface area contributed by atoms with Crippen molar-refractivity contribution < 1.29 is 13.9 Å². The zero-order valence-electron chi connectivity index (χ0n) is 11.5. The van der Waals surface area contributed by atoms with Crippen LogP contribution in [0.25, 0.3) is 16.6 Å². The van der Waals surface area contributed by atoms with Crippen LogP contribution in [0.5, 0.6) is 0 Å². The van der Waals surface area contributed by atoms with Crippen LogP contribution in [0, 0.1) is 5.82 Å². The Balaban J connectivity index is 2.24. The van der Waals surface area contributed by atoms with Gasteiger partial charge >= 0.3 is 5.97 Å². The third kappa shape index (κ3) is 2.40. The highest BCUT2D eigenvalue weighted by molar-refractivity contribution is 6.02. The van der Waals surface area contributed by atoms with E-state index in [0.29, 0.717) is 12.2 Å². The van der Waals surface area contributed by atoms with Crippen LogP contribution < -0.4 is 0 Å². The zero-order valence-corrected chi connectivity index (χ0v) is 11.5. The average molecular weight is 283 g/mol. The zero-order chi connectivity index (χ0) is 14.8. The predicted molar refractivity (Wildman–Crippen MR) is 78.7 cm³/mol. The molecule has 0 amide bonds. The molecule has 3 nitrogen and oxygen atoms in total. The first-order chi connectivity index (χ1) is 10.2. The summed E-state index contributed by atoms with van der Waals surface area (Å²) in [6.07, 6.45) is 3.61. The van der Waals surface area contributed by atoms with Crippen molar-refractivity contribution in [2.24, 2.45) is 0 Å². The number of hydrogen-bond acceptors (Lipinski definition) is 2. The molecule has 0 aliphatic rings. The molecule has 0 aliphatic heterocycles. The van der Waals surface area contributed by atoms with E-state index in [1.807, 2.05) is 28.8 Å². The average Bonchev–Trinajstić information content (AvgIpc) is 2.88. The summed E-state index contributed by atoms with van der Waals surface area (Å²) in [4.78, 5) is 12.2. The summed E-state index contributed by atoms with van der Waals surface area (Å²) < 4.78 is 20.1. The number of fused-ring (bicyclic) bond motifs is 1. The van der Waals surface area contributed by atoms with E-state index in [2.05, 4.69) is 0 Å². The number of rotatable bonds is 3. The summed E-state index contributed by atoms with van der Waals surface area (Å²) >= 11 is 0. The molecule has 2 aromatic heterocycles. The van der Waals surface area contributed by atoms with Crippen molar-refractivity contribution in [2.75, 3.05) is 6.61 Å². The molecule has 106 valence electrons. The maximum atomic E-state index is 13.1. The largest absolute Gasteiger partial charge is 0.462 e. The van der Waals surface area contributed by atoms with Gasteiger partial charge in [-0.1, -0.05) is 18.2 Å². The van der Waals surface area contributed by atoms with Gasteiger partial charge in [0, 0.05) is 18.0 Å². The van der Waals surface area contributed by atoms with Gasteiger partial charge in [-0.3, -0.25) is 0 Å². The van der Waals surface area contributed by atoms with Crippen LogP contribution in [0.4, 0.5) is 4.39 Å². The Morgan fingerprint density at radius 1 is 1.19 bits per heavy atom. The molecule has 0 atom stereocenters. The second-order valence-corrected chi connectivity index (χ2v) is 4.64. The molecule has 21 heavy (non-hydrogen) atoms. The summed E-state index contributed by atoms with van der Waals surface area (Å²) in [6, 6.07) is 11.8. The molecule has 0 bridgehead atoms. The summed E-state index contributed by atoms with van der Waals surface area (Å²) in [7, 11) is 0. The lowest BCUT2D eigenvalue weighted by molar-refractivity contribution is 0.0527. The second kappa shape index (κ2) is 5.40. The Morgan fingerprint density at radius 3 is 2.67 bits per heavy atom. The SMILES string of the molecule is CCOC(=O)c1cn2ccccc2c1-c1ccc(F)cc1. The molecule has 0 radical (unpaired) electrons. The Morgan fingerprint density at radius 2 is 1.95 bits per heavy atom. The Bertz CT molecular complexity index is 790. The van der Waals surface area contributed by atoms with Crippen LogP contribution in [0.15, 0.2) is 54.9 Å². The first kappa shape index (κ1) is 13.4. The van der Waals surface area contributed by atoms with Crippen molar-refractivity contribution in [1.29, 1.82) is 0 Å². The van der Waals surface area contributed by atoms with E-state index in [0.717, 1.165) is 16.6 Å². The van der Waals surface area contributed by atoms with Gasteiger partial charge in [-0.05, 0) is 36.8 Å². The lowest BCUT2D eigenvalue weighted by Gasteiger charge is -2.05. The van der Waals surface area contributed by atoms with Crippen molar-refractivity contribution in [3.05, 3.63) is 66.2 Å². The molecule has 0 unspecified atom stereocenters. The maximum absolute atomic E-state index is 13.1. The van der Waals surface area contributed by atoms with Gasteiger partial charge in [0.25, 0.3) is 0 Å². The fourth-order valence-electron chi connectivity index (χ4n) is 2.41. The van der Waals surface area contributed by atoms with E-state index in [-0.39, 0.29) is 11.8 Å². The molecule has 0 saturated heterocycles. The van der Waals surface area contributed by atoms with Gasteiger partial charge in [-0.2, -0.15) is 0 Å². The van der Waals surface area contributed by atoms with E-state index in [1.165, 1.54) is 12.1 Å². The fraction of sp³-hybridized carbons (Fsp3) is 0.118. The number of esters is 1. The van der Waals surface area contributed by atoms with E-state index in [1.54, 1.807) is 25.3 Å². The van der Waals surface area contributed by atoms with Crippen LogP contribution in [0.2, 0.25) is 0 Å². The number of pyridine rings is 1. The number of halogens is 1. The first-order valence-electron chi connectivity index (χ1n) is 6.73. The van der Waals surface area contributed by atoms with Gasteiger partial charge in [-0.25, -0.2) is 9.18 Å². The van der Waals surface area contributed by atoms with Crippen LogP contribution >= 0.6 is 0 Å². The van der Waals surface area contributed by atoms with Gasteiger partial charge in [-0.15, -0.1) is 0 Å². The van der Waals surface area contributed by atoms with Crippen LogP contribution in [0.3, 0.4) is 0 Å². The molecule has 0 fully saturated rings. The van der Waals surface area contributed by atoms with Crippen molar-refractivity contribution in [1.82, 2.24) is 4.40 Å². The third-order valence-electron chi connectivity index (χ3n) is 3.31. The number of aromatic nitrogens is 1. The molecule has 3 aromatic rings. The quantitative estimate of drug-likeness (QED) is 0.682. The van der Waals surface area contributed by atoms with Gasteiger partial charge < -0.3 is 9.14 Å².